The van der Waals surface area contributed by atoms with Crippen LogP contribution in [0, 0.1) is 0 Å². The van der Waals surface area contributed by atoms with Crippen LogP contribution in [0.15, 0.2) is 34.7 Å². The largest absolute Gasteiger partial charge is 0.446 e. The Morgan fingerprint density at radius 2 is 1.88 bits per heavy atom. The van der Waals surface area contributed by atoms with Crippen LogP contribution >= 0.6 is 11.8 Å². The van der Waals surface area contributed by atoms with Crippen molar-refractivity contribution in [2.45, 2.75) is 23.7 Å². The van der Waals surface area contributed by atoms with Crippen molar-refractivity contribution in [3.05, 3.63) is 35.4 Å². The van der Waals surface area contributed by atoms with Gasteiger partial charge in [0.2, 0.25) is 0 Å². The number of halogens is 3. The second kappa shape index (κ2) is 5.91. The van der Waals surface area contributed by atoms with Gasteiger partial charge in [0.05, 0.1) is 0 Å². The van der Waals surface area contributed by atoms with E-state index in [-0.39, 0.29) is 16.7 Å². The van der Waals surface area contributed by atoms with Gasteiger partial charge >= 0.3 is 5.51 Å². The molecule has 1 aromatic rings. The molecule has 1 rings (SSSR count). The number of hydrogen-bond donors (Lipinski definition) is 0. The molecule has 92 valence electrons. The van der Waals surface area contributed by atoms with Crippen molar-refractivity contribution in [2.24, 2.45) is 0 Å². The number of carbonyl (C=O) groups is 1. The molecule has 17 heavy (non-hydrogen) atoms. The summed E-state index contributed by atoms with van der Waals surface area (Å²) in [6.45, 7) is 1.84. The highest BCUT2D eigenvalue weighted by molar-refractivity contribution is 8.00. The minimum Gasteiger partial charge on any atom is -0.298 e. The van der Waals surface area contributed by atoms with Gasteiger partial charge in [0, 0.05) is 4.90 Å². The van der Waals surface area contributed by atoms with E-state index in [4.69, 9.17) is 0 Å². The van der Waals surface area contributed by atoms with E-state index in [1.54, 1.807) is 18.2 Å². The lowest BCUT2D eigenvalue weighted by molar-refractivity contribution is -0.104. The van der Waals surface area contributed by atoms with Crippen LogP contribution in [0.3, 0.4) is 0 Å². The Balaban J connectivity index is 2.81. The van der Waals surface area contributed by atoms with Gasteiger partial charge in [-0.25, -0.2) is 0 Å². The molecule has 0 fully saturated rings. The maximum Gasteiger partial charge on any atom is 0.446 e. The van der Waals surface area contributed by atoms with E-state index in [2.05, 4.69) is 0 Å². The van der Waals surface area contributed by atoms with Gasteiger partial charge in [0.15, 0.2) is 0 Å². The lowest BCUT2D eigenvalue weighted by Crippen LogP contribution is -1.98. The van der Waals surface area contributed by atoms with Crippen molar-refractivity contribution < 1.29 is 18.0 Å². The lowest BCUT2D eigenvalue weighted by Gasteiger charge is -2.05. The molecule has 0 N–H and O–H groups in total. The van der Waals surface area contributed by atoms with Crippen molar-refractivity contribution in [1.29, 1.82) is 0 Å². The molecule has 0 aliphatic heterocycles. The molecule has 0 aliphatic rings. The third kappa shape index (κ3) is 5.08. The summed E-state index contributed by atoms with van der Waals surface area (Å²) >= 11 is -0.150. The molecular formula is C12H11F3OS. The first-order valence-corrected chi connectivity index (χ1v) is 5.78. The third-order valence-electron chi connectivity index (χ3n) is 2.03. The van der Waals surface area contributed by atoms with Crippen molar-refractivity contribution in [1.82, 2.24) is 0 Å². The fourth-order valence-electron chi connectivity index (χ4n) is 1.20. The zero-order valence-corrected chi connectivity index (χ0v) is 9.94. The van der Waals surface area contributed by atoms with Crippen LogP contribution in [0.4, 0.5) is 13.2 Å². The van der Waals surface area contributed by atoms with E-state index in [9.17, 15) is 18.0 Å². The molecule has 0 spiro atoms. The van der Waals surface area contributed by atoms with E-state index in [0.29, 0.717) is 12.0 Å². The summed E-state index contributed by atoms with van der Waals surface area (Å²) in [7, 11) is 0. The van der Waals surface area contributed by atoms with Gasteiger partial charge in [-0.1, -0.05) is 19.1 Å². The molecule has 0 atom stereocenters. The Morgan fingerprint density at radius 3 is 2.29 bits per heavy atom. The average molecular weight is 260 g/mol. The SMILES string of the molecule is CCC(C=O)=Cc1ccc(SC(F)(F)F)cc1. The zero-order valence-electron chi connectivity index (χ0n) is 9.12. The lowest BCUT2D eigenvalue weighted by atomic mass is 10.1. The number of carbonyl (C=O) groups excluding carboxylic acids is 1. The molecule has 0 saturated carbocycles. The topological polar surface area (TPSA) is 17.1 Å². The summed E-state index contributed by atoms with van der Waals surface area (Å²) in [5.74, 6) is 0. The number of alkyl halides is 3. The zero-order chi connectivity index (χ0) is 12.9. The van der Waals surface area contributed by atoms with Gasteiger partial charge in [0.1, 0.15) is 6.29 Å². The van der Waals surface area contributed by atoms with Crippen LogP contribution in [0.2, 0.25) is 0 Å². The number of aldehydes is 1. The summed E-state index contributed by atoms with van der Waals surface area (Å²) in [6, 6.07) is 5.91. The van der Waals surface area contributed by atoms with Crippen LogP contribution in [0.25, 0.3) is 6.08 Å². The number of hydrogen-bond acceptors (Lipinski definition) is 2. The van der Waals surface area contributed by atoms with Crippen molar-refractivity contribution in [3.8, 4) is 0 Å². The van der Waals surface area contributed by atoms with Gasteiger partial charge in [-0.05, 0) is 47.5 Å². The summed E-state index contributed by atoms with van der Waals surface area (Å²) < 4.78 is 36.2. The Bertz CT molecular complexity index is 407. The Kier molecular flexibility index (Phi) is 4.81. The molecule has 0 unspecified atom stereocenters. The Hall–Kier alpha value is -1.23. The summed E-state index contributed by atoms with van der Waals surface area (Å²) in [5, 5.41) is 0. The summed E-state index contributed by atoms with van der Waals surface area (Å²) in [4.78, 5) is 10.7. The van der Waals surface area contributed by atoms with Crippen molar-refractivity contribution in [2.75, 3.05) is 0 Å². The fraction of sp³-hybridized carbons (Fsp3) is 0.250. The molecule has 0 amide bonds. The third-order valence-corrected chi connectivity index (χ3v) is 2.76. The minimum atomic E-state index is -4.27. The molecule has 0 aromatic heterocycles. The van der Waals surface area contributed by atoms with E-state index >= 15 is 0 Å². The van der Waals surface area contributed by atoms with Crippen LogP contribution in [0.5, 0.6) is 0 Å². The number of rotatable bonds is 4. The van der Waals surface area contributed by atoms with Gasteiger partial charge in [-0.2, -0.15) is 13.2 Å². The van der Waals surface area contributed by atoms with Crippen molar-refractivity contribution in [3.63, 3.8) is 0 Å². The van der Waals surface area contributed by atoms with Crippen LogP contribution < -0.4 is 0 Å². The first-order chi connectivity index (χ1) is 7.94. The summed E-state index contributed by atoms with van der Waals surface area (Å²) in [5.41, 5.74) is -2.93. The molecular weight excluding hydrogens is 249 g/mol. The maximum absolute atomic E-state index is 12.1. The molecule has 0 radical (unpaired) electrons. The quantitative estimate of drug-likeness (QED) is 0.456. The molecule has 0 bridgehead atoms. The monoisotopic (exact) mass is 260 g/mol. The van der Waals surface area contributed by atoms with Gasteiger partial charge in [0.25, 0.3) is 0 Å². The molecule has 0 heterocycles. The molecule has 1 nitrogen and oxygen atoms in total. The standard InChI is InChI=1S/C12H11F3OS/c1-2-9(8-16)7-10-3-5-11(6-4-10)17-12(13,14)15/h3-8H,2H2,1H3. The van der Waals surface area contributed by atoms with E-state index in [0.717, 1.165) is 11.8 Å². The highest BCUT2D eigenvalue weighted by atomic mass is 32.2. The molecule has 0 saturated heterocycles. The molecule has 5 heteroatoms. The number of thioether (sulfide) groups is 1. The Morgan fingerprint density at radius 1 is 1.29 bits per heavy atom. The fourth-order valence-corrected chi connectivity index (χ4v) is 1.74. The van der Waals surface area contributed by atoms with Gasteiger partial charge in [-0.15, -0.1) is 0 Å². The second-order valence-electron chi connectivity index (χ2n) is 3.31. The number of allylic oxidation sites excluding steroid dienone is 1. The van der Waals surface area contributed by atoms with Crippen molar-refractivity contribution >= 4 is 24.1 Å². The van der Waals surface area contributed by atoms with Crippen LogP contribution in [0.1, 0.15) is 18.9 Å². The predicted octanol–water partition coefficient (Wildman–Crippen LogP) is 4.29. The predicted molar refractivity (Wildman–Crippen MR) is 62.7 cm³/mol. The highest BCUT2D eigenvalue weighted by Crippen LogP contribution is 2.36. The smallest absolute Gasteiger partial charge is 0.298 e. The van der Waals surface area contributed by atoms with E-state index in [1.165, 1.54) is 12.1 Å². The molecule has 1 aromatic carbocycles. The van der Waals surface area contributed by atoms with Crippen LogP contribution in [-0.4, -0.2) is 11.8 Å². The normalized spacial score (nSPS) is 12.6. The first kappa shape index (κ1) is 13.8. The molecule has 0 aliphatic carbocycles. The van der Waals surface area contributed by atoms with Crippen LogP contribution in [-0.2, 0) is 4.79 Å². The summed E-state index contributed by atoms with van der Waals surface area (Å²) in [6.07, 6.45) is 3.01. The average Bonchev–Trinajstić information content (AvgIpc) is 2.26. The van der Waals surface area contributed by atoms with E-state index in [1.807, 2.05) is 6.92 Å². The minimum absolute atomic E-state index is 0.138. The van der Waals surface area contributed by atoms with E-state index < -0.39 is 5.51 Å². The maximum atomic E-state index is 12.1. The van der Waals surface area contributed by atoms with Gasteiger partial charge in [-0.3, -0.25) is 4.79 Å². The first-order valence-electron chi connectivity index (χ1n) is 4.96. The second-order valence-corrected chi connectivity index (χ2v) is 4.45. The van der Waals surface area contributed by atoms with Gasteiger partial charge < -0.3 is 0 Å². The highest BCUT2D eigenvalue weighted by Gasteiger charge is 2.28. The Labute approximate surface area is 102 Å². The number of benzene rings is 1.